The van der Waals surface area contributed by atoms with Gasteiger partial charge in [-0.25, -0.2) is 0 Å². The van der Waals surface area contributed by atoms with Crippen LogP contribution in [0.15, 0.2) is 0 Å². The molecule has 3 heteroatoms. The molecule has 1 heterocycles. The van der Waals surface area contributed by atoms with Crippen molar-refractivity contribution >= 4 is 5.91 Å². The Labute approximate surface area is 93.0 Å². The first-order valence-corrected chi connectivity index (χ1v) is 5.74. The lowest BCUT2D eigenvalue weighted by molar-refractivity contribution is -0.132. The van der Waals surface area contributed by atoms with E-state index in [4.69, 9.17) is 5.73 Å². The van der Waals surface area contributed by atoms with E-state index in [0.29, 0.717) is 13.0 Å². The molecule has 0 aromatic heterocycles. The summed E-state index contributed by atoms with van der Waals surface area (Å²) in [5.74, 6) is 0.277. The highest BCUT2D eigenvalue weighted by atomic mass is 16.2. The van der Waals surface area contributed by atoms with Crippen molar-refractivity contribution in [3.05, 3.63) is 0 Å². The van der Waals surface area contributed by atoms with Crippen LogP contribution in [0.2, 0.25) is 0 Å². The molecule has 1 aliphatic heterocycles. The van der Waals surface area contributed by atoms with E-state index in [1.54, 1.807) is 0 Å². The van der Waals surface area contributed by atoms with Crippen LogP contribution in [0, 0.1) is 10.8 Å². The van der Waals surface area contributed by atoms with E-state index < -0.39 is 0 Å². The largest absolute Gasteiger partial charge is 0.342 e. The van der Waals surface area contributed by atoms with Crippen LogP contribution in [0.1, 0.15) is 40.5 Å². The van der Waals surface area contributed by atoms with Crippen LogP contribution in [-0.2, 0) is 4.79 Å². The number of amides is 1. The molecule has 1 unspecified atom stereocenters. The first-order chi connectivity index (χ1) is 6.76. The van der Waals surface area contributed by atoms with Gasteiger partial charge >= 0.3 is 0 Å². The molecule has 0 aromatic carbocycles. The lowest BCUT2D eigenvalue weighted by Gasteiger charge is -2.25. The summed E-state index contributed by atoms with van der Waals surface area (Å²) in [4.78, 5) is 13.9. The van der Waals surface area contributed by atoms with Crippen molar-refractivity contribution in [2.75, 3.05) is 19.6 Å². The summed E-state index contributed by atoms with van der Waals surface area (Å²) >= 11 is 0. The molecule has 1 saturated heterocycles. The van der Waals surface area contributed by atoms with E-state index in [-0.39, 0.29) is 16.7 Å². The Bertz CT molecular complexity index is 244. The van der Waals surface area contributed by atoms with E-state index in [1.807, 2.05) is 4.90 Å². The maximum Gasteiger partial charge on any atom is 0.223 e. The highest BCUT2D eigenvalue weighted by molar-refractivity contribution is 5.77. The molecule has 0 aromatic rings. The van der Waals surface area contributed by atoms with Crippen molar-refractivity contribution in [3.8, 4) is 0 Å². The Hall–Kier alpha value is -0.570. The second-order valence-corrected chi connectivity index (χ2v) is 6.32. The number of hydrogen-bond acceptors (Lipinski definition) is 2. The molecule has 1 atom stereocenters. The second kappa shape index (κ2) is 4.12. The molecular formula is C12H24N2O. The van der Waals surface area contributed by atoms with Gasteiger partial charge in [0.25, 0.3) is 0 Å². The maximum absolute atomic E-state index is 11.9. The fourth-order valence-corrected chi connectivity index (χ4v) is 1.97. The Kier molecular flexibility index (Phi) is 3.44. The lowest BCUT2D eigenvalue weighted by Crippen LogP contribution is -2.35. The first-order valence-electron chi connectivity index (χ1n) is 5.74. The van der Waals surface area contributed by atoms with Gasteiger partial charge in [0.15, 0.2) is 0 Å². The molecular weight excluding hydrogens is 188 g/mol. The second-order valence-electron chi connectivity index (χ2n) is 6.32. The zero-order chi connectivity index (χ0) is 11.7. The molecule has 0 saturated carbocycles. The zero-order valence-electron chi connectivity index (χ0n) is 10.5. The molecule has 1 aliphatic rings. The summed E-state index contributed by atoms with van der Waals surface area (Å²) in [6.07, 6.45) is 1.67. The molecule has 88 valence electrons. The third-order valence-electron chi connectivity index (χ3n) is 3.08. The minimum absolute atomic E-state index is 0.0821. The predicted molar refractivity (Wildman–Crippen MR) is 62.4 cm³/mol. The van der Waals surface area contributed by atoms with Crippen molar-refractivity contribution in [2.45, 2.75) is 40.5 Å². The van der Waals surface area contributed by atoms with Gasteiger partial charge in [0, 0.05) is 19.5 Å². The van der Waals surface area contributed by atoms with Crippen LogP contribution < -0.4 is 5.73 Å². The minimum Gasteiger partial charge on any atom is -0.342 e. The topological polar surface area (TPSA) is 46.3 Å². The number of rotatable bonds is 2. The van der Waals surface area contributed by atoms with Gasteiger partial charge < -0.3 is 10.6 Å². The van der Waals surface area contributed by atoms with Gasteiger partial charge in [-0.2, -0.15) is 0 Å². The van der Waals surface area contributed by atoms with Crippen LogP contribution in [0.3, 0.4) is 0 Å². The smallest absolute Gasteiger partial charge is 0.223 e. The Morgan fingerprint density at radius 1 is 1.47 bits per heavy atom. The monoisotopic (exact) mass is 212 g/mol. The van der Waals surface area contributed by atoms with E-state index in [0.717, 1.165) is 19.5 Å². The van der Waals surface area contributed by atoms with Crippen LogP contribution >= 0.6 is 0 Å². The van der Waals surface area contributed by atoms with Crippen molar-refractivity contribution in [1.29, 1.82) is 0 Å². The average molecular weight is 212 g/mol. The van der Waals surface area contributed by atoms with Crippen molar-refractivity contribution in [3.63, 3.8) is 0 Å². The highest BCUT2D eigenvalue weighted by Crippen LogP contribution is 2.30. The van der Waals surface area contributed by atoms with Gasteiger partial charge in [-0.1, -0.05) is 27.7 Å². The molecule has 1 rings (SSSR count). The van der Waals surface area contributed by atoms with Gasteiger partial charge in [-0.05, 0) is 23.8 Å². The van der Waals surface area contributed by atoms with Crippen molar-refractivity contribution in [1.82, 2.24) is 4.90 Å². The quantitative estimate of drug-likeness (QED) is 0.756. The number of carbonyl (C=O) groups is 1. The van der Waals surface area contributed by atoms with Gasteiger partial charge in [0.1, 0.15) is 0 Å². The Morgan fingerprint density at radius 2 is 2.07 bits per heavy atom. The minimum atomic E-state index is 0.0821. The summed E-state index contributed by atoms with van der Waals surface area (Å²) in [5.41, 5.74) is 5.95. The first kappa shape index (κ1) is 12.5. The van der Waals surface area contributed by atoms with E-state index in [9.17, 15) is 4.79 Å². The van der Waals surface area contributed by atoms with Gasteiger partial charge in [-0.3, -0.25) is 4.79 Å². The summed E-state index contributed by atoms with van der Waals surface area (Å²) in [6.45, 7) is 10.8. The Balaban J connectivity index is 2.51. The van der Waals surface area contributed by atoms with Crippen molar-refractivity contribution in [2.24, 2.45) is 16.6 Å². The fraction of sp³-hybridized carbons (Fsp3) is 0.917. The molecule has 0 aliphatic carbocycles. The summed E-state index contributed by atoms with van der Waals surface area (Å²) < 4.78 is 0. The summed E-state index contributed by atoms with van der Waals surface area (Å²) in [6, 6.07) is 0. The zero-order valence-corrected chi connectivity index (χ0v) is 10.5. The summed E-state index contributed by atoms with van der Waals surface area (Å²) in [7, 11) is 0. The number of nitrogens with zero attached hydrogens (tertiary/aromatic N) is 1. The van der Waals surface area contributed by atoms with Gasteiger partial charge in [0.2, 0.25) is 5.91 Å². The molecule has 0 spiro atoms. The molecule has 0 radical (unpaired) electrons. The van der Waals surface area contributed by atoms with Crippen LogP contribution in [0.4, 0.5) is 0 Å². The van der Waals surface area contributed by atoms with Gasteiger partial charge in [-0.15, -0.1) is 0 Å². The molecule has 0 bridgehead atoms. The summed E-state index contributed by atoms with van der Waals surface area (Å²) in [5, 5.41) is 0. The van der Waals surface area contributed by atoms with E-state index in [1.165, 1.54) is 0 Å². The molecule has 3 nitrogen and oxygen atoms in total. The maximum atomic E-state index is 11.9. The molecule has 1 fully saturated rings. The number of hydrogen-bond donors (Lipinski definition) is 1. The fourth-order valence-electron chi connectivity index (χ4n) is 1.97. The SMILES string of the molecule is CC(C)(C)CC(=O)N1CCC(C)(CN)C1. The third-order valence-corrected chi connectivity index (χ3v) is 3.08. The highest BCUT2D eigenvalue weighted by Gasteiger charge is 2.35. The molecule has 1 amide bonds. The lowest BCUT2D eigenvalue weighted by atomic mass is 9.90. The van der Waals surface area contributed by atoms with Crippen LogP contribution in [0.5, 0.6) is 0 Å². The molecule has 2 N–H and O–H groups in total. The van der Waals surface area contributed by atoms with Crippen LogP contribution in [0.25, 0.3) is 0 Å². The third kappa shape index (κ3) is 3.49. The average Bonchev–Trinajstić information content (AvgIpc) is 2.46. The van der Waals surface area contributed by atoms with Gasteiger partial charge in [0.05, 0.1) is 0 Å². The predicted octanol–water partition coefficient (Wildman–Crippen LogP) is 1.62. The number of likely N-dealkylation sites (tertiary alicyclic amines) is 1. The number of carbonyl (C=O) groups excluding carboxylic acids is 1. The van der Waals surface area contributed by atoms with Crippen molar-refractivity contribution < 1.29 is 4.79 Å². The number of nitrogens with two attached hydrogens (primary N) is 1. The molecule has 15 heavy (non-hydrogen) atoms. The van der Waals surface area contributed by atoms with E-state index in [2.05, 4.69) is 27.7 Å². The van der Waals surface area contributed by atoms with E-state index >= 15 is 0 Å². The normalized spacial score (nSPS) is 27.1. The van der Waals surface area contributed by atoms with Crippen LogP contribution in [-0.4, -0.2) is 30.4 Å². The Morgan fingerprint density at radius 3 is 2.47 bits per heavy atom. The standard InChI is InChI=1S/C12H24N2O/c1-11(2,3)7-10(15)14-6-5-12(4,8-13)9-14/h5-9,13H2,1-4H3.